The van der Waals surface area contributed by atoms with Gasteiger partial charge in [0.25, 0.3) is 0 Å². The van der Waals surface area contributed by atoms with Gasteiger partial charge in [0.2, 0.25) is 5.95 Å². The second kappa shape index (κ2) is 11.2. The lowest BCUT2D eigenvalue weighted by molar-refractivity contribution is 0.122. The molecule has 0 radical (unpaired) electrons. The van der Waals surface area contributed by atoms with Crippen LogP contribution in [0, 0.1) is 0 Å². The Morgan fingerprint density at radius 1 is 0.974 bits per heavy atom. The molecule has 198 valence electrons. The summed E-state index contributed by atoms with van der Waals surface area (Å²) < 4.78 is 7.54. The SMILES string of the molecule is Cn1nc(CCN2CCNCC2)c2ccc(-c3cc(Nc4ccc(Cl)cc4)nc(N4CCOCC4)n3)cc21. The number of morpholine rings is 1. The molecule has 6 rings (SSSR count). The van der Waals surface area contributed by atoms with Crippen LogP contribution >= 0.6 is 11.6 Å². The molecule has 0 unspecified atom stereocenters. The molecular formula is C28H33ClN8O. The largest absolute Gasteiger partial charge is 0.378 e. The van der Waals surface area contributed by atoms with Gasteiger partial charge in [-0.1, -0.05) is 23.7 Å². The van der Waals surface area contributed by atoms with Crippen molar-refractivity contribution in [2.45, 2.75) is 6.42 Å². The van der Waals surface area contributed by atoms with E-state index in [-0.39, 0.29) is 0 Å². The van der Waals surface area contributed by atoms with Gasteiger partial charge >= 0.3 is 0 Å². The van der Waals surface area contributed by atoms with Gasteiger partial charge in [-0.05, 0) is 30.3 Å². The molecule has 0 atom stereocenters. The highest BCUT2D eigenvalue weighted by atomic mass is 35.5. The third-order valence-electron chi connectivity index (χ3n) is 7.22. The van der Waals surface area contributed by atoms with E-state index in [9.17, 15) is 0 Å². The number of nitrogens with zero attached hydrogens (tertiary/aromatic N) is 6. The molecule has 0 amide bonds. The van der Waals surface area contributed by atoms with E-state index >= 15 is 0 Å². The van der Waals surface area contributed by atoms with E-state index in [1.165, 1.54) is 5.39 Å². The number of ether oxygens (including phenoxy) is 1. The zero-order valence-electron chi connectivity index (χ0n) is 21.7. The summed E-state index contributed by atoms with van der Waals surface area (Å²) in [7, 11) is 2.02. The Balaban J connectivity index is 1.31. The number of hydrogen-bond acceptors (Lipinski definition) is 8. The van der Waals surface area contributed by atoms with Crippen molar-refractivity contribution in [3.8, 4) is 11.3 Å². The first-order valence-corrected chi connectivity index (χ1v) is 13.6. The van der Waals surface area contributed by atoms with Crippen LogP contribution in [0.25, 0.3) is 22.2 Å². The highest BCUT2D eigenvalue weighted by Gasteiger charge is 2.18. The lowest BCUT2D eigenvalue weighted by atomic mass is 10.1. The number of aryl methyl sites for hydroxylation is 1. The van der Waals surface area contributed by atoms with Crippen LogP contribution in [0.15, 0.2) is 48.5 Å². The number of piperazine rings is 1. The number of aromatic nitrogens is 4. The zero-order chi connectivity index (χ0) is 25.9. The molecule has 9 nitrogen and oxygen atoms in total. The summed E-state index contributed by atoms with van der Waals surface area (Å²) in [6, 6.07) is 16.2. The molecule has 2 aromatic heterocycles. The normalized spacial score (nSPS) is 16.7. The van der Waals surface area contributed by atoms with Crippen molar-refractivity contribution in [2.24, 2.45) is 7.05 Å². The fraction of sp³-hybridized carbons (Fsp3) is 0.393. The molecule has 38 heavy (non-hydrogen) atoms. The number of anilines is 3. The second-order valence-electron chi connectivity index (χ2n) is 9.81. The van der Waals surface area contributed by atoms with Crippen LogP contribution < -0.4 is 15.5 Å². The predicted octanol–water partition coefficient (Wildman–Crippen LogP) is 3.71. The van der Waals surface area contributed by atoms with E-state index in [0.717, 1.165) is 86.2 Å². The molecule has 0 saturated carbocycles. The van der Waals surface area contributed by atoms with Crippen molar-refractivity contribution in [1.29, 1.82) is 0 Å². The standard InChI is InChI=1S/C28H33ClN8O/c1-35-26-18-20(2-7-23(26)24(34-35)8-11-36-12-9-30-10-13-36)25-19-27(31-22-5-3-21(29)4-6-22)33-28(32-25)37-14-16-38-17-15-37/h2-7,18-19,30H,8-17H2,1H3,(H,31,32,33). The molecule has 2 aliphatic heterocycles. The second-order valence-corrected chi connectivity index (χ2v) is 10.3. The summed E-state index contributed by atoms with van der Waals surface area (Å²) in [5.41, 5.74) is 5.07. The third-order valence-corrected chi connectivity index (χ3v) is 7.48. The average molecular weight is 533 g/mol. The van der Waals surface area contributed by atoms with E-state index in [0.29, 0.717) is 24.2 Å². The van der Waals surface area contributed by atoms with Gasteiger partial charge in [-0.2, -0.15) is 10.1 Å². The summed E-state index contributed by atoms with van der Waals surface area (Å²) in [6.07, 6.45) is 0.945. The van der Waals surface area contributed by atoms with Crippen LogP contribution in [0.3, 0.4) is 0 Å². The molecule has 2 saturated heterocycles. The van der Waals surface area contributed by atoms with E-state index in [2.05, 4.69) is 38.6 Å². The number of benzene rings is 2. The van der Waals surface area contributed by atoms with Gasteiger partial charge in [0, 0.05) is 87.0 Å². The van der Waals surface area contributed by atoms with Gasteiger partial charge in [-0.25, -0.2) is 4.98 Å². The Morgan fingerprint density at radius 3 is 2.55 bits per heavy atom. The molecular weight excluding hydrogens is 500 g/mol. The van der Waals surface area contributed by atoms with Gasteiger partial charge < -0.3 is 25.2 Å². The van der Waals surface area contributed by atoms with Crippen LogP contribution in [0.1, 0.15) is 5.69 Å². The predicted molar refractivity (Wildman–Crippen MR) is 153 cm³/mol. The van der Waals surface area contributed by atoms with Crippen molar-refractivity contribution in [3.05, 3.63) is 59.2 Å². The van der Waals surface area contributed by atoms with E-state index in [1.807, 2.05) is 42.1 Å². The lowest BCUT2D eigenvalue weighted by Crippen LogP contribution is -2.44. The van der Waals surface area contributed by atoms with Crippen molar-refractivity contribution in [1.82, 2.24) is 30.0 Å². The van der Waals surface area contributed by atoms with Crippen molar-refractivity contribution in [3.63, 3.8) is 0 Å². The summed E-state index contributed by atoms with van der Waals surface area (Å²) in [6.45, 7) is 8.22. The first kappa shape index (κ1) is 25.1. The highest BCUT2D eigenvalue weighted by Crippen LogP contribution is 2.29. The molecule has 2 aromatic carbocycles. The number of halogens is 1. The van der Waals surface area contributed by atoms with E-state index in [1.54, 1.807) is 0 Å². The van der Waals surface area contributed by atoms with Crippen LogP contribution in [-0.4, -0.2) is 83.7 Å². The van der Waals surface area contributed by atoms with Crippen LogP contribution in [0.5, 0.6) is 0 Å². The fourth-order valence-electron chi connectivity index (χ4n) is 5.11. The van der Waals surface area contributed by atoms with Crippen LogP contribution in [0.4, 0.5) is 17.5 Å². The Labute approximate surface area is 227 Å². The maximum Gasteiger partial charge on any atom is 0.228 e. The monoisotopic (exact) mass is 532 g/mol. The van der Waals surface area contributed by atoms with Crippen LogP contribution in [0.2, 0.25) is 5.02 Å². The number of nitrogens with one attached hydrogen (secondary N) is 2. The molecule has 4 aromatic rings. The quantitative estimate of drug-likeness (QED) is 0.373. The fourth-order valence-corrected chi connectivity index (χ4v) is 5.23. The Bertz CT molecular complexity index is 1390. The minimum absolute atomic E-state index is 0.672. The molecule has 4 heterocycles. The first-order chi connectivity index (χ1) is 18.6. The molecule has 2 fully saturated rings. The average Bonchev–Trinajstić information content (AvgIpc) is 3.28. The van der Waals surface area contributed by atoms with Crippen LogP contribution in [-0.2, 0) is 18.2 Å². The topological polar surface area (TPSA) is 83.4 Å². The maximum absolute atomic E-state index is 6.08. The van der Waals surface area contributed by atoms with Gasteiger partial charge in [-0.15, -0.1) is 0 Å². The maximum atomic E-state index is 6.08. The zero-order valence-corrected chi connectivity index (χ0v) is 22.4. The van der Waals surface area contributed by atoms with Gasteiger partial charge in [0.1, 0.15) is 5.82 Å². The lowest BCUT2D eigenvalue weighted by Gasteiger charge is -2.27. The van der Waals surface area contributed by atoms with Crippen molar-refractivity contribution in [2.75, 3.05) is 69.2 Å². The van der Waals surface area contributed by atoms with E-state index in [4.69, 9.17) is 31.4 Å². The molecule has 2 aliphatic rings. The summed E-state index contributed by atoms with van der Waals surface area (Å²) in [5.74, 6) is 1.43. The number of rotatable bonds is 7. The molecule has 10 heteroatoms. The molecule has 2 N–H and O–H groups in total. The summed E-state index contributed by atoms with van der Waals surface area (Å²) in [5, 5.41) is 13.6. The molecule has 0 bridgehead atoms. The molecule has 0 aliphatic carbocycles. The Morgan fingerprint density at radius 2 is 1.76 bits per heavy atom. The van der Waals surface area contributed by atoms with Gasteiger partial charge in [0.05, 0.1) is 30.1 Å². The van der Waals surface area contributed by atoms with Crippen molar-refractivity contribution < 1.29 is 4.74 Å². The summed E-state index contributed by atoms with van der Waals surface area (Å²) in [4.78, 5) is 14.5. The van der Waals surface area contributed by atoms with E-state index < -0.39 is 0 Å². The smallest absolute Gasteiger partial charge is 0.228 e. The Kier molecular flexibility index (Phi) is 7.42. The van der Waals surface area contributed by atoms with Gasteiger partial charge in [0.15, 0.2) is 0 Å². The summed E-state index contributed by atoms with van der Waals surface area (Å²) >= 11 is 6.08. The minimum Gasteiger partial charge on any atom is -0.378 e. The number of fused-ring (bicyclic) bond motifs is 1. The highest BCUT2D eigenvalue weighted by molar-refractivity contribution is 6.30. The van der Waals surface area contributed by atoms with Crippen molar-refractivity contribution >= 4 is 40.0 Å². The third kappa shape index (κ3) is 5.61. The molecule has 0 spiro atoms. The first-order valence-electron chi connectivity index (χ1n) is 13.3. The Hall–Kier alpha value is -3.24. The van der Waals surface area contributed by atoms with Gasteiger partial charge in [-0.3, -0.25) is 4.68 Å². The minimum atomic E-state index is 0.672. The number of hydrogen-bond donors (Lipinski definition) is 2.